The van der Waals surface area contributed by atoms with Crippen LogP contribution in [0.15, 0.2) is 0 Å². The van der Waals surface area contributed by atoms with Gasteiger partial charge in [0.2, 0.25) is 0 Å². The fourth-order valence-corrected chi connectivity index (χ4v) is 2.59. The minimum absolute atomic E-state index is 0.578. The summed E-state index contributed by atoms with van der Waals surface area (Å²) in [4.78, 5) is 0. The summed E-state index contributed by atoms with van der Waals surface area (Å²) in [6, 6.07) is 0. The zero-order chi connectivity index (χ0) is 7.66. The normalized spacial score (nSPS) is 10.6. The van der Waals surface area contributed by atoms with Gasteiger partial charge in [-0.25, -0.2) is 0 Å². The van der Waals surface area contributed by atoms with Gasteiger partial charge in [-0.1, -0.05) is 0 Å². The molecule has 0 unspecified atom stereocenters. The molecule has 0 bridgehead atoms. The number of halogens is 1. The molecule has 0 aromatic rings. The first kappa shape index (κ1) is 10.7. The Morgan fingerprint density at radius 2 is 2.00 bits per heavy atom. The number of alkyl halides is 2. The summed E-state index contributed by atoms with van der Waals surface area (Å²) in [5.74, 6) is 0. The molecule has 1 N–H and O–H groups in total. The van der Waals surface area contributed by atoms with Gasteiger partial charge in [0.05, 0.1) is 0 Å². The van der Waals surface area contributed by atoms with Gasteiger partial charge in [-0.2, -0.15) is 0 Å². The molecule has 0 heterocycles. The zero-order valence-electron chi connectivity index (χ0n) is 7.12. The van der Waals surface area contributed by atoms with E-state index in [1.54, 1.807) is 0 Å². The van der Waals surface area contributed by atoms with Crippen LogP contribution in [0.25, 0.3) is 0 Å². The van der Waals surface area contributed by atoms with Gasteiger partial charge in [0.15, 0.2) is 0 Å². The van der Waals surface area contributed by atoms with Crippen molar-refractivity contribution in [3.63, 3.8) is 0 Å². The predicted octanol–water partition coefficient (Wildman–Crippen LogP) is -1.51. The van der Waals surface area contributed by atoms with Gasteiger partial charge in [-0.05, 0) is 0 Å². The van der Waals surface area contributed by atoms with Crippen LogP contribution in [0.1, 0.15) is 26.7 Å². The summed E-state index contributed by atoms with van der Waals surface area (Å²) in [7, 11) is 0. The monoisotopic (exact) mass is 256 g/mol. The molecule has 64 valence electrons. The van der Waals surface area contributed by atoms with E-state index in [2.05, 4.69) is 19.2 Å². The van der Waals surface area contributed by atoms with Gasteiger partial charge in [0.25, 0.3) is 0 Å². The summed E-state index contributed by atoms with van der Waals surface area (Å²) in [5.41, 5.74) is 0. The van der Waals surface area contributed by atoms with Crippen molar-refractivity contribution in [2.24, 2.45) is 0 Å². The van der Waals surface area contributed by atoms with E-state index in [1.165, 1.54) is 28.2 Å². The minimum atomic E-state index is 0.578. The van der Waals surface area contributed by atoms with Crippen LogP contribution in [0.4, 0.5) is 0 Å². The number of hydrogen-bond donors (Lipinski definition) is 1. The Bertz CT molecular complexity index is 49.2. The molecule has 0 saturated heterocycles. The summed E-state index contributed by atoms with van der Waals surface area (Å²) in [6.07, 6.45) is 2.84. The number of hydrogen-bond acceptors (Lipinski definition) is 1. The first-order valence-electron chi connectivity index (χ1n) is 4.16. The summed E-state index contributed by atoms with van der Waals surface area (Å²) >= 11 is 0.578. The van der Waals surface area contributed by atoms with Gasteiger partial charge in [0.1, 0.15) is 0 Å². The van der Waals surface area contributed by atoms with Crippen LogP contribution in [0.5, 0.6) is 0 Å². The van der Waals surface area contributed by atoms with Gasteiger partial charge < -0.3 is 0 Å². The summed E-state index contributed by atoms with van der Waals surface area (Å²) in [5, 5.41) is 3.34. The van der Waals surface area contributed by atoms with Crippen molar-refractivity contribution in [1.82, 2.24) is 5.32 Å². The predicted molar refractivity (Wildman–Crippen MR) is 43.2 cm³/mol. The van der Waals surface area contributed by atoms with Gasteiger partial charge in [-0.15, -0.1) is 0 Å². The Labute approximate surface area is 75.2 Å². The molecular formula is C8H19IN-. The second-order valence-corrected chi connectivity index (χ2v) is 5.89. The molecule has 0 aliphatic carbocycles. The van der Waals surface area contributed by atoms with Crippen LogP contribution < -0.4 is 26.5 Å². The zero-order valence-corrected chi connectivity index (χ0v) is 9.28. The van der Waals surface area contributed by atoms with E-state index in [0.717, 1.165) is 6.54 Å². The van der Waals surface area contributed by atoms with E-state index in [4.69, 9.17) is 0 Å². The standard InChI is InChI=1S/C8H19IN/c1-3-9-7-5-6-8-10-4-2/h10H,3-8H2,1-2H3/q-1. The average Bonchev–Trinajstić information content (AvgIpc) is 1.97. The van der Waals surface area contributed by atoms with Gasteiger partial charge >= 0.3 is 75.2 Å². The SMILES string of the molecule is CCNCCCC[I-]CC. The van der Waals surface area contributed by atoms with Crippen LogP contribution >= 0.6 is 0 Å². The molecule has 0 aromatic heterocycles. The molecule has 0 rings (SSSR count). The van der Waals surface area contributed by atoms with Gasteiger partial charge in [0, 0.05) is 0 Å². The maximum atomic E-state index is 3.34. The summed E-state index contributed by atoms with van der Waals surface area (Å²) in [6.45, 7) is 6.82. The second-order valence-electron chi connectivity index (χ2n) is 2.21. The Hall–Kier alpha value is 0.690. The Balaban J connectivity index is 2.65. The van der Waals surface area contributed by atoms with Crippen molar-refractivity contribution >= 4 is 0 Å². The van der Waals surface area contributed by atoms with Crippen LogP contribution in [0, 0.1) is 0 Å². The average molecular weight is 256 g/mol. The van der Waals surface area contributed by atoms with Gasteiger partial charge in [-0.3, -0.25) is 0 Å². The Morgan fingerprint density at radius 3 is 2.60 bits per heavy atom. The van der Waals surface area contributed by atoms with Crippen LogP contribution in [0.2, 0.25) is 0 Å². The molecule has 0 saturated carbocycles. The van der Waals surface area contributed by atoms with Crippen LogP contribution in [-0.4, -0.2) is 21.9 Å². The van der Waals surface area contributed by atoms with Crippen molar-refractivity contribution < 1.29 is 21.2 Å². The van der Waals surface area contributed by atoms with E-state index < -0.39 is 0 Å². The van der Waals surface area contributed by atoms with Crippen molar-refractivity contribution in [1.29, 1.82) is 0 Å². The quantitative estimate of drug-likeness (QED) is 0.331. The number of rotatable bonds is 7. The molecule has 0 radical (unpaired) electrons. The topological polar surface area (TPSA) is 12.0 Å². The Morgan fingerprint density at radius 1 is 1.20 bits per heavy atom. The van der Waals surface area contributed by atoms with E-state index >= 15 is 0 Å². The van der Waals surface area contributed by atoms with Crippen molar-refractivity contribution in [3.8, 4) is 0 Å². The van der Waals surface area contributed by atoms with Crippen molar-refractivity contribution in [3.05, 3.63) is 0 Å². The molecule has 1 nitrogen and oxygen atoms in total. The van der Waals surface area contributed by atoms with Crippen molar-refractivity contribution in [2.45, 2.75) is 26.7 Å². The van der Waals surface area contributed by atoms with E-state index in [1.807, 2.05) is 0 Å². The van der Waals surface area contributed by atoms with Crippen molar-refractivity contribution in [2.75, 3.05) is 21.9 Å². The third kappa shape index (κ3) is 8.69. The van der Waals surface area contributed by atoms with E-state index in [9.17, 15) is 0 Å². The maximum absolute atomic E-state index is 3.34. The molecule has 0 atom stereocenters. The van der Waals surface area contributed by atoms with E-state index in [0.29, 0.717) is 21.2 Å². The fourth-order valence-electron chi connectivity index (χ4n) is 0.749. The molecule has 0 amide bonds. The molecule has 2 heteroatoms. The summed E-state index contributed by atoms with van der Waals surface area (Å²) < 4.78 is 2.99. The first-order valence-corrected chi connectivity index (χ1v) is 7.21. The third-order valence-corrected chi connectivity index (χ3v) is 3.91. The third-order valence-electron chi connectivity index (χ3n) is 1.31. The second kappa shape index (κ2) is 9.69. The molecule has 0 spiro atoms. The molecule has 0 aromatic carbocycles. The first-order chi connectivity index (χ1) is 4.91. The molecule has 10 heavy (non-hydrogen) atoms. The van der Waals surface area contributed by atoms with Crippen LogP contribution in [-0.2, 0) is 0 Å². The number of nitrogens with one attached hydrogen (secondary N) is 1. The Kier molecular flexibility index (Phi) is 10.4. The van der Waals surface area contributed by atoms with Crippen LogP contribution in [0.3, 0.4) is 0 Å². The van der Waals surface area contributed by atoms with E-state index in [-0.39, 0.29) is 0 Å². The molecule has 0 aliphatic heterocycles. The molecule has 0 fully saturated rings. The fraction of sp³-hybridized carbons (Fsp3) is 1.00. The molecule has 0 aliphatic rings. The number of unbranched alkanes of at least 4 members (excludes halogenated alkanes) is 1. The molecular weight excluding hydrogens is 237 g/mol.